The molecule has 6 nitrogen and oxygen atoms in total. The highest BCUT2D eigenvalue weighted by atomic mass is 35.5. The summed E-state index contributed by atoms with van der Waals surface area (Å²) >= 11 is 8.90. The predicted molar refractivity (Wildman–Crippen MR) is 82.7 cm³/mol. The van der Waals surface area contributed by atoms with Crippen LogP contribution in [0.25, 0.3) is 11.0 Å². The SMILES string of the molecule is O=C(O)[C@@H]1CSCN1C(=O)/C=C/c1c(Cl)nc2sccn12. The number of carboxylic acids is 1. The number of rotatable bonds is 3. The molecule has 0 aromatic carbocycles. The van der Waals surface area contributed by atoms with Crippen molar-refractivity contribution in [3.8, 4) is 0 Å². The zero-order chi connectivity index (χ0) is 15.0. The van der Waals surface area contributed by atoms with Gasteiger partial charge >= 0.3 is 5.97 Å². The Morgan fingerprint density at radius 1 is 1.52 bits per heavy atom. The maximum Gasteiger partial charge on any atom is 0.327 e. The molecule has 2 aromatic rings. The van der Waals surface area contributed by atoms with Crippen LogP contribution in [0.15, 0.2) is 17.7 Å². The van der Waals surface area contributed by atoms with E-state index in [0.717, 1.165) is 4.96 Å². The molecule has 0 aliphatic carbocycles. The Morgan fingerprint density at radius 3 is 3.10 bits per heavy atom. The number of aromatic nitrogens is 2. The second kappa shape index (κ2) is 5.70. The molecule has 1 fully saturated rings. The van der Waals surface area contributed by atoms with Crippen LogP contribution in [-0.4, -0.2) is 48.9 Å². The van der Waals surface area contributed by atoms with Gasteiger partial charge in [0.2, 0.25) is 5.91 Å². The molecule has 3 rings (SSSR count). The summed E-state index contributed by atoms with van der Waals surface area (Å²) in [4.78, 5) is 29.5. The molecule has 1 atom stereocenters. The number of halogens is 1. The van der Waals surface area contributed by atoms with Crippen LogP contribution in [-0.2, 0) is 9.59 Å². The Labute approximate surface area is 133 Å². The van der Waals surface area contributed by atoms with Gasteiger partial charge in [0.15, 0.2) is 10.1 Å². The topological polar surface area (TPSA) is 74.9 Å². The van der Waals surface area contributed by atoms with Crippen LogP contribution in [0.2, 0.25) is 5.15 Å². The smallest absolute Gasteiger partial charge is 0.327 e. The minimum absolute atomic E-state index is 0.316. The number of aliphatic carboxylic acids is 1. The molecule has 110 valence electrons. The van der Waals surface area contributed by atoms with E-state index in [2.05, 4.69) is 4.98 Å². The summed E-state index contributed by atoms with van der Waals surface area (Å²) in [6, 6.07) is -0.769. The van der Waals surface area contributed by atoms with Crippen molar-refractivity contribution < 1.29 is 14.7 Å². The molecule has 9 heteroatoms. The number of fused-ring (bicyclic) bond motifs is 1. The second-order valence-electron chi connectivity index (χ2n) is 4.34. The number of amides is 1. The summed E-state index contributed by atoms with van der Waals surface area (Å²) in [7, 11) is 0. The van der Waals surface area contributed by atoms with Crippen molar-refractivity contribution in [1.82, 2.24) is 14.3 Å². The first-order valence-corrected chi connectivity index (χ1v) is 8.39. The van der Waals surface area contributed by atoms with Gasteiger partial charge in [-0.3, -0.25) is 9.20 Å². The van der Waals surface area contributed by atoms with Crippen molar-refractivity contribution in [2.45, 2.75) is 6.04 Å². The van der Waals surface area contributed by atoms with Gasteiger partial charge in [0.1, 0.15) is 6.04 Å². The van der Waals surface area contributed by atoms with Crippen LogP contribution in [0.5, 0.6) is 0 Å². The molecular formula is C12H10ClN3O3S2. The zero-order valence-electron chi connectivity index (χ0n) is 10.6. The summed E-state index contributed by atoms with van der Waals surface area (Å²) in [6.07, 6.45) is 4.73. The molecular weight excluding hydrogens is 334 g/mol. The monoisotopic (exact) mass is 343 g/mol. The molecule has 1 N–H and O–H groups in total. The highest BCUT2D eigenvalue weighted by molar-refractivity contribution is 7.99. The molecule has 1 aliphatic heterocycles. The van der Waals surface area contributed by atoms with E-state index < -0.39 is 12.0 Å². The molecule has 1 aliphatic rings. The van der Waals surface area contributed by atoms with Gasteiger partial charge in [-0.05, 0) is 6.08 Å². The number of hydrogen-bond donors (Lipinski definition) is 1. The van der Waals surface area contributed by atoms with Crippen LogP contribution >= 0.6 is 34.7 Å². The molecule has 21 heavy (non-hydrogen) atoms. The second-order valence-corrected chi connectivity index (χ2v) is 6.57. The van der Waals surface area contributed by atoms with E-state index in [0.29, 0.717) is 22.5 Å². The van der Waals surface area contributed by atoms with Crippen LogP contribution in [0.3, 0.4) is 0 Å². The van der Waals surface area contributed by atoms with E-state index >= 15 is 0 Å². The minimum Gasteiger partial charge on any atom is -0.480 e. The van der Waals surface area contributed by atoms with E-state index in [-0.39, 0.29) is 5.91 Å². The van der Waals surface area contributed by atoms with Crippen LogP contribution in [0, 0.1) is 0 Å². The van der Waals surface area contributed by atoms with Crippen LogP contribution in [0.4, 0.5) is 0 Å². The Balaban J connectivity index is 1.82. The third-order valence-electron chi connectivity index (χ3n) is 3.09. The molecule has 3 heterocycles. The lowest BCUT2D eigenvalue weighted by atomic mass is 10.3. The van der Waals surface area contributed by atoms with Crippen molar-refractivity contribution in [3.63, 3.8) is 0 Å². The van der Waals surface area contributed by atoms with E-state index in [4.69, 9.17) is 16.7 Å². The van der Waals surface area contributed by atoms with Gasteiger partial charge in [-0.1, -0.05) is 11.6 Å². The molecule has 1 amide bonds. The maximum absolute atomic E-state index is 12.1. The first-order valence-electron chi connectivity index (χ1n) is 5.98. The number of hydrogen-bond acceptors (Lipinski definition) is 5. The number of carbonyl (C=O) groups excluding carboxylic acids is 1. The van der Waals surface area contributed by atoms with Gasteiger partial charge in [0.05, 0.1) is 11.6 Å². The molecule has 1 saturated heterocycles. The maximum atomic E-state index is 12.1. The fourth-order valence-electron chi connectivity index (χ4n) is 2.04. The standard InChI is InChI=1S/C12H10ClN3O3S2/c13-10-7(15-3-4-21-12(15)14-10)1-2-9(17)16-6-20-5-8(16)11(18)19/h1-4,8H,5-6H2,(H,18,19)/b2-1+/t8-/m0/s1. The van der Waals surface area contributed by atoms with Crippen molar-refractivity contribution in [1.29, 1.82) is 0 Å². The van der Waals surface area contributed by atoms with Gasteiger partial charge in [0, 0.05) is 23.4 Å². The number of carboxylic acid groups (broad SMARTS) is 1. The average Bonchev–Trinajstić information content (AvgIpc) is 3.11. The molecule has 0 unspecified atom stereocenters. The summed E-state index contributed by atoms with van der Waals surface area (Å²) < 4.78 is 1.78. The Kier molecular flexibility index (Phi) is 3.92. The lowest BCUT2D eigenvalue weighted by molar-refractivity contribution is -0.146. The summed E-state index contributed by atoms with van der Waals surface area (Å²) in [5.74, 6) is -0.524. The third kappa shape index (κ3) is 2.66. The van der Waals surface area contributed by atoms with Gasteiger partial charge in [-0.25, -0.2) is 9.78 Å². The van der Waals surface area contributed by atoms with E-state index in [9.17, 15) is 9.59 Å². The largest absolute Gasteiger partial charge is 0.480 e. The third-order valence-corrected chi connectivity index (χ3v) is 5.14. The number of thioether (sulfide) groups is 1. The number of nitrogens with zero attached hydrogens (tertiary/aromatic N) is 3. The number of thiazole rings is 1. The average molecular weight is 344 g/mol. The van der Waals surface area contributed by atoms with Crippen molar-refractivity contribution >= 4 is 57.6 Å². The van der Waals surface area contributed by atoms with Crippen molar-refractivity contribution in [2.75, 3.05) is 11.6 Å². The summed E-state index contributed by atoms with van der Waals surface area (Å²) in [6.45, 7) is 0. The van der Waals surface area contributed by atoms with Gasteiger partial charge in [0.25, 0.3) is 0 Å². The van der Waals surface area contributed by atoms with Gasteiger partial charge in [-0.15, -0.1) is 23.1 Å². The Hall–Kier alpha value is -1.51. The lowest BCUT2D eigenvalue weighted by Gasteiger charge is -2.18. The van der Waals surface area contributed by atoms with Crippen molar-refractivity contribution in [2.24, 2.45) is 0 Å². The predicted octanol–water partition coefficient (Wildman–Crippen LogP) is 2.05. The fraction of sp³-hybridized carbons (Fsp3) is 0.250. The Bertz CT molecular complexity index is 739. The first kappa shape index (κ1) is 14.4. The van der Waals surface area contributed by atoms with Gasteiger partial charge in [-0.2, -0.15) is 0 Å². The zero-order valence-corrected chi connectivity index (χ0v) is 13.0. The van der Waals surface area contributed by atoms with Gasteiger partial charge < -0.3 is 10.0 Å². The molecule has 0 spiro atoms. The highest BCUT2D eigenvalue weighted by Gasteiger charge is 2.33. The summed E-state index contributed by atoms with van der Waals surface area (Å²) in [5, 5.41) is 11.3. The quantitative estimate of drug-likeness (QED) is 0.863. The molecule has 0 saturated carbocycles. The summed E-state index contributed by atoms with van der Waals surface area (Å²) in [5.41, 5.74) is 0.611. The van der Waals surface area contributed by atoms with E-state index in [1.54, 1.807) is 10.5 Å². The molecule has 2 aromatic heterocycles. The Morgan fingerprint density at radius 2 is 2.33 bits per heavy atom. The molecule has 0 bridgehead atoms. The fourth-order valence-corrected chi connectivity index (χ4v) is 4.20. The van der Waals surface area contributed by atoms with Crippen LogP contribution < -0.4 is 0 Å². The first-order chi connectivity index (χ1) is 10.1. The number of carbonyl (C=O) groups is 2. The van der Waals surface area contributed by atoms with E-state index in [1.807, 2.05) is 11.6 Å². The lowest BCUT2D eigenvalue weighted by Crippen LogP contribution is -2.40. The minimum atomic E-state index is -0.982. The highest BCUT2D eigenvalue weighted by Crippen LogP contribution is 2.24. The number of imidazole rings is 1. The van der Waals surface area contributed by atoms with Crippen LogP contribution in [0.1, 0.15) is 5.69 Å². The molecule has 0 radical (unpaired) electrons. The van der Waals surface area contributed by atoms with E-state index in [1.165, 1.54) is 34.1 Å². The van der Waals surface area contributed by atoms with Crippen molar-refractivity contribution in [3.05, 3.63) is 28.5 Å². The normalized spacial score (nSPS) is 18.9.